The van der Waals surface area contributed by atoms with E-state index in [-0.39, 0.29) is 0 Å². The SMILES string of the molecule is CC(CC(F)(F)F)NCC1CCCNC1. The van der Waals surface area contributed by atoms with Crippen molar-refractivity contribution in [2.75, 3.05) is 19.6 Å². The molecule has 1 aliphatic rings. The van der Waals surface area contributed by atoms with Crippen molar-refractivity contribution in [3.63, 3.8) is 0 Å². The second kappa shape index (κ2) is 5.70. The van der Waals surface area contributed by atoms with Gasteiger partial charge in [0.2, 0.25) is 0 Å². The van der Waals surface area contributed by atoms with E-state index in [1.807, 2.05) is 0 Å². The topological polar surface area (TPSA) is 24.1 Å². The number of halogens is 3. The van der Waals surface area contributed by atoms with E-state index in [0.717, 1.165) is 25.9 Å². The standard InChI is InChI=1S/C10H19F3N2/c1-8(5-10(11,12)13)15-7-9-3-2-4-14-6-9/h8-9,14-15H,2-7H2,1H3. The Morgan fingerprint density at radius 2 is 2.20 bits per heavy atom. The first kappa shape index (κ1) is 12.8. The predicted molar refractivity (Wildman–Crippen MR) is 53.7 cm³/mol. The van der Waals surface area contributed by atoms with Crippen LogP contribution in [-0.4, -0.2) is 31.9 Å². The summed E-state index contributed by atoms with van der Waals surface area (Å²) in [6, 6.07) is -0.480. The van der Waals surface area contributed by atoms with E-state index in [2.05, 4.69) is 10.6 Å². The van der Waals surface area contributed by atoms with Crippen LogP contribution in [-0.2, 0) is 0 Å². The first-order valence-electron chi connectivity index (χ1n) is 5.48. The molecule has 2 N–H and O–H groups in total. The summed E-state index contributed by atoms with van der Waals surface area (Å²) in [6.45, 7) is 4.23. The fourth-order valence-electron chi connectivity index (χ4n) is 1.89. The Labute approximate surface area is 88.6 Å². The van der Waals surface area contributed by atoms with Gasteiger partial charge in [0, 0.05) is 6.04 Å². The van der Waals surface area contributed by atoms with Gasteiger partial charge in [0.25, 0.3) is 0 Å². The molecule has 2 nitrogen and oxygen atoms in total. The molecule has 0 aromatic heterocycles. The second-order valence-corrected chi connectivity index (χ2v) is 4.34. The molecule has 1 rings (SSSR count). The normalized spacial score (nSPS) is 25.2. The summed E-state index contributed by atoms with van der Waals surface area (Å²) < 4.78 is 36.1. The van der Waals surface area contributed by atoms with Crippen LogP contribution < -0.4 is 10.6 Å². The predicted octanol–water partition coefficient (Wildman–Crippen LogP) is 1.92. The van der Waals surface area contributed by atoms with Crippen molar-refractivity contribution in [2.45, 2.75) is 38.4 Å². The molecular formula is C10H19F3N2. The number of alkyl halides is 3. The van der Waals surface area contributed by atoms with Gasteiger partial charge in [-0.15, -0.1) is 0 Å². The molecule has 1 fully saturated rings. The third kappa shape index (κ3) is 5.99. The Morgan fingerprint density at radius 1 is 1.47 bits per heavy atom. The number of rotatable bonds is 4. The Kier molecular flexibility index (Phi) is 4.86. The molecule has 0 aliphatic carbocycles. The van der Waals surface area contributed by atoms with E-state index in [4.69, 9.17) is 0 Å². The molecule has 0 radical (unpaired) electrons. The quantitative estimate of drug-likeness (QED) is 0.762. The summed E-state index contributed by atoms with van der Waals surface area (Å²) >= 11 is 0. The van der Waals surface area contributed by atoms with Gasteiger partial charge < -0.3 is 10.6 Å². The average molecular weight is 224 g/mol. The Bertz CT molecular complexity index is 176. The van der Waals surface area contributed by atoms with Gasteiger partial charge >= 0.3 is 6.18 Å². The molecule has 0 amide bonds. The summed E-state index contributed by atoms with van der Waals surface area (Å²) in [5.41, 5.74) is 0. The molecular weight excluding hydrogens is 205 g/mol. The minimum atomic E-state index is -4.06. The van der Waals surface area contributed by atoms with Gasteiger partial charge in [0.1, 0.15) is 0 Å². The Balaban J connectivity index is 2.12. The van der Waals surface area contributed by atoms with E-state index in [0.29, 0.717) is 12.5 Å². The summed E-state index contributed by atoms with van der Waals surface area (Å²) in [4.78, 5) is 0. The van der Waals surface area contributed by atoms with Crippen LogP contribution >= 0.6 is 0 Å². The van der Waals surface area contributed by atoms with Gasteiger partial charge in [-0.3, -0.25) is 0 Å². The van der Waals surface area contributed by atoms with Crippen LogP contribution in [0.5, 0.6) is 0 Å². The minimum Gasteiger partial charge on any atom is -0.316 e. The molecule has 0 bridgehead atoms. The summed E-state index contributed by atoms with van der Waals surface area (Å²) in [5.74, 6) is 0.481. The van der Waals surface area contributed by atoms with Gasteiger partial charge in [-0.2, -0.15) is 13.2 Å². The van der Waals surface area contributed by atoms with Crippen LogP contribution in [0.25, 0.3) is 0 Å². The smallest absolute Gasteiger partial charge is 0.316 e. The highest BCUT2D eigenvalue weighted by Crippen LogP contribution is 2.21. The van der Waals surface area contributed by atoms with Crippen molar-refractivity contribution in [2.24, 2.45) is 5.92 Å². The molecule has 1 aliphatic heterocycles. The third-order valence-electron chi connectivity index (χ3n) is 2.69. The van der Waals surface area contributed by atoms with Gasteiger partial charge in [0.05, 0.1) is 6.42 Å². The average Bonchev–Trinajstić information content (AvgIpc) is 2.14. The zero-order chi connectivity index (χ0) is 11.3. The maximum absolute atomic E-state index is 12.0. The lowest BCUT2D eigenvalue weighted by Crippen LogP contribution is -2.40. The molecule has 0 aromatic carbocycles. The Hall–Kier alpha value is -0.290. The maximum atomic E-state index is 12.0. The summed E-state index contributed by atoms with van der Waals surface area (Å²) in [7, 11) is 0. The second-order valence-electron chi connectivity index (χ2n) is 4.34. The molecule has 5 heteroatoms. The molecule has 15 heavy (non-hydrogen) atoms. The van der Waals surface area contributed by atoms with E-state index >= 15 is 0 Å². The number of piperidine rings is 1. The lowest BCUT2D eigenvalue weighted by Gasteiger charge is -2.25. The molecule has 2 unspecified atom stereocenters. The maximum Gasteiger partial charge on any atom is 0.390 e. The number of hydrogen-bond donors (Lipinski definition) is 2. The fraction of sp³-hybridized carbons (Fsp3) is 1.00. The first-order valence-corrected chi connectivity index (χ1v) is 5.48. The van der Waals surface area contributed by atoms with Crippen LogP contribution in [0, 0.1) is 5.92 Å². The molecule has 0 aromatic rings. The summed E-state index contributed by atoms with van der Waals surface area (Å²) in [5, 5.41) is 6.19. The van der Waals surface area contributed by atoms with E-state index < -0.39 is 18.6 Å². The number of nitrogens with one attached hydrogen (secondary N) is 2. The van der Waals surface area contributed by atoms with Crippen LogP contribution in [0.15, 0.2) is 0 Å². The van der Waals surface area contributed by atoms with Crippen molar-refractivity contribution in [3.05, 3.63) is 0 Å². The molecule has 2 atom stereocenters. The highest BCUT2D eigenvalue weighted by atomic mass is 19.4. The molecule has 1 saturated heterocycles. The largest absolute Gasteiger partial charge is 0.390 e. The monoisotopic (exact) mass is 224 g/mol. The van der Waals surface area contributed by atoms with Crippen LogP contribution in [0.3, 0.4) is 0 Å². The van der Waals surface area contributed by atoms with E-state index in [9.17, 15) is 13.2 Å². The van der Waals surface area contributed by atoms with Crippen molar-refractivity contribution in [3.8, 4) is 0 Å². The van der Waals surface area contributed by atoms with Gasteiger partial charge in [-0.25, -0.2) is 0 Å². The van der Waals surface area contributed by atoms with E-state index in [1.165, 1.54) is 0 Å². The summed E-state index contributed by atoms with van der Waals surface area (Å²) in [6.07, 6.45) is -2.57. The highest BCUT2D eigenvalue weighted by molar-refractivity contribution is 4.73. The zero-order valence-corrected chi connectivity index (χ0v) is 9.03. The van der Waals surface area contributed by atoms with E-state index in [1.54, 1.807) is 6.92 Å². The molecule has 0 spiro atoms. The fourth-order valence-corrected chi connectivity index (χ4v) is 1.89. The molecule has 90 valence electrons. The lowest BCUT2D eigenvalue weighted by atomic mass is 9.99. The van der Waals surface area contributed by atoms with Crippen LogP contribution in [0.4, 0.5) is 13.2 Å². The molecule has 1 heterocycles. The zero-order valence-electron chi connectivity index (χ0n) is 9.03. The van der Waals surface area contributed by atoms with Crippen molar-refractivity contribution in [1.29, 1.82) is 0 Å². The highest BCUT2D eigenvalue weighted by Gasteiger charge is 2.29. The van der Waals surface area contributed by atoms with Crippen molar-refractivity contribution >= 4 is 0 Å². The lowest BCUT2D eigenvalue weighted by molar-refractivity contribution is -0.139. The van der Waals surface area contributed by atoms with Crippen molar-refractivity contribution < 1.29 is 13.2 Å². The van der Waals surface area contributed by atoms with Crippen molar-refractivity contribution in [1.82, 2.24) is 10.6 Å². The van der Waals surface area contributed by atoms with Gasteiger partial charge in [0.15, 0.2) is 0 Å². The number of hydrogen-bond acceptors (Lipinski definition) is 2. The minimum absolute atomic E-state index is 0.480. The Morgan fingerprint density at radius 3 is 2.73 bits per heavy atom. The van der Waals surface area contributed by atoms with Gasteiger partial charge in [-0.05, 0) is 45.3 Å². The first-order chi connectivity index (χ1) is 6.97. The third-order valence-corrected chi connectivity index (χ3v) is 2.69. The molecule has 0 saturated carbocycles. The van der Waals surface area contributed by atoms with Crippen LogP contribution in [0.2, 0.25) is 0 Å². The van der Waals surface area contributed by atoms with Gasteiger partial charge in [-0.1, -0.05) is 0 Å². The van der Waals surface area contributed by atoms with Crippen LogP contribution in [0.1, 0.15) is 26.2 Å².